The van der Waals surface area contributed by atoms with Gasteiger partial charge >= 0.3 is 0 Å². The van der Waals surface area contributed by atoms with Crippen molar-refractivity contribution in [2.24, 2.45) is 0 Å². The fraction of sp³-hybridized carbons (Fsp3) is 1.00. The van der Waals surface area contributed by atoms with Gasteiger partial charge in [0.15, 0.2) is 0 Å². The summed E-state index contributed by atoms with van der Waals surface area (Å²) < 4.78 is 0. The Balaban J connectivity index is 6.97. The first kappa shape index (κ1) is 25.4. The van der Waals surface area contributed by atoms with Crippen molar-refractivity contribution in [1.29, 1.82) is 0 Å². The highest BCUT2D eigenvalue weighted by Crippen LogP contribution is 2.48. The summed E-state index contributed by atoms with van der Waals surface area (Å²) in [5.74, 6) is 0. The van der Waals surface area contributed by atoms with Gasteiger partial charge in [0, 0.05) is 28.0 Å². The molecule has 0 saturated heterocycles. The summed E-state index contributed by atoms with van der Waals surface area (Å²) in [6.45, 7) is 26.2. The van der Waals surface area contributed by atoms with Crippen molar-refractivity contribution in [1.82, 2.24) is 0 Å². The first-order valence-corrected chi connectivity index (χ1v) is 38.1. The Kier molecular flexibility index (Phi) is 7.47. The monoisotopic (exact) mass is 496 g/mol. The molecule has 0 aliphatic rings. The van der Waals surface area contributed by atoms with E-state index in [1.807, 2.05) is 0 Å². The minimum absolute atomic E-state index is 1.58. The molecular weight excluding hydrogens is 459 g/mol. The maximum atomic E-state index is 7.25. The topological polar surface area (TPSA) is 0 Å². The van der Waals surface area contributed by atoms with E-state index in [1.54, 1.807) is 0 Å². The third-order valence-electron chi connectivity index (χ3n) is 8.21. The van der Waals surface area contributed by atoms with Crippen LogP contribution < -0.4 is 0 Å². The molecule has 0 N–H and O–H groups in total. The van der Waals surface area contributed by atoms with E-state index >= 15 is 0 Å². The number of hydrogen-bond donors (Lipinski definition) is 0. The van der Waals surface area contributed by atoms with Crippen LogP contribution >= 0.6 is 33.2 Å². The number of halogens is 3. The van der Waals surface area contributed by atoms with Crippen molar-refractivity contribution in [3.05, 3.63) is 0 Å². The summed E-state index contributed by atoms with van der Waals surface area (Å²) in [7, 11) is -4.75. The van der Waals surface area contributed by atoms with E-state index in [0.29, 0.717) is 0 Å². The zero-order valence-electron chi connectivity index (χ0n) is 17.6. The highest BCUT2D eigenvalue weighted by Gasteiger charge is 2.73. The predicted molar refractivity (Wildman–Crippen MR) is 134 cm³/mol. The van der Waals surface area contributed by atoms with Crippen LogP contribution in [0.3, 0.4) is 0 Å². The SMILES string of the molecule is C[Si](C)(Cl)[Si](C)(C)[Si](C)([Si](C)(C)[Si](C)(C)Cl)[Si](C)(C)[Si](C)(C)Cl. The molecule has 0 atom stereocenters. The molecule has 0 heterocycles. The van der Waals surface area contributed by atoms with Crippen molar-refractivity contribution < 1.29 is 0 Å². The molecule has 0 unspecified atom stereocenters. The lowest BCUT2D eigenvalue weighted by Crippen LogP contribution is -2.95. The first-order chi connectivity index (χ1) is 9.50. The van der Waals surface area contributed by atoms with Crippen molar-refractivity contribution in [2.45, 2.75) is 85.1 Å². The minimum atomic E-state index is -1.73. The molecule has 0 aromatic rings. The number of rotatable bonds is 6. The maximum Gasteiger partial charge on any atom is 0.137 e. The Labute approximate surface area is 166 Å². The maximum absolute atomic E-state index is 7.25. The third-order valence-corrected chi connectivity index (χ3v) is 169. The van der Waals surface area contributed by atoms with Crippen LogP contribution in [0.25, 0.3) is 0 Å². The van der Waals surface area contributed by atoms with Crippen molar-refractivity contribution in [3.8, 4) is 0 Å². The van der Waals surface area contributed by atoms with E-state index in [2.05, 4.69) is 85.1 Å². The molecule has 0 aliphatic heterocycles. The lowest BCUT2D eigenvalue weighted by molar-refractivity contribution is 1.80. The lowest BCUT2D eigenvalue weighted by atomic mass is 11.9. The molecule has 23 heavy (non-hydrogen) atoms. The zero-order valence-corrected chi connectivity index (χ0v) is 26.9. The summed E-state index contributed by atoms with van der Waals surface area (Å²) in [6, 6.07) is 0. The van der Waals surface area contributed by atoms with Crippen LogP contribution in [0, 0.1) is 0 Å². The van der Waals surface area contributed by atoms with E-state index in [9.17, 15) is 0 Å². The average Bonchev–Trinajstić information content (AvgIpc) is 2.22. The largest absolute Gasteiger partial charge is 0.171 e. The van der Waals surface area contributed by atoms with Gasteiger partial charge < -0.3 is 0 Å². The second-order valence-corrected chi connectivity index (χ2v) is 94.4. The van der Waals surface area contributed by atoms with Gasteiger partial charge in [-0.05, 0) is 0 Å². The fourth-order valence-corrected chi connectivity index (χ4v) is 251. The second kappa shape index (κ2) is 6.77. The van der Waals surface area contributed by atoms with Crippen LogP contribution in [0.1, 0.15) is 0 Å². The van der Waals surface area contributed by atoms with Crippen LogP contribution in [0.4, 0.5) is 0 Å². The molecule has 0 saturated carbocycles. The smallest absolute Gasteiger partial charge is 0.137 e. The lowest BCUT2D eigenvalue weighted by Gasteiger charge is -2.65. The molecule has 0 aliphatic carbocycles. The Morgan fingerprint density at radius 1 is 0.348 bits per heavy atom. The predicted octanol–water partition coefficient (Wildman–Crippen LogP) is 6.99. The summed E-state index contributed by atoms with van der Waals surface area (Å²) in [6.07, 6.45) is 0. The van der Waals surface area contributed by atoms with Gasteiger partial charge in [0.25, 0.3) is 0 Å². The van der Waals surface area contributed by atoms with Crippen LogP contribution in [0.2, 0.25) is 85.1 Å². The zero-order chi connectivity index (χ0) is 19.5. The number of hydrogen-bond acceptors (Lipinski definition) is 0. The second-order valence-electron chi connectivity index (χ2n) is 10.4. The standard InChI is InChI=1S/C13H39Cl3Si7/c1-17(2,14)20(7,8)23(13,21(9,10)18(3,4)15)22(11,12)19(5,6)16/h1-13H3. The van der Waals surface area contributed by atoms with Gasteiger partial charge in [0.05, 0.1) is 0 Å². The van der Waals surface area contributed by atoms with Gasteiger partial charge in [-0.2, -0.15) is 33.2 Å². The van der Waals surface area contributed by atoms with Crippen LogP contribution in [0.15, 0.2) is 0 Å². The van der Waals surface area contributed by atoms with Crippen molar-refractivity contribution >= 4 is 81.9 Å². The summed E-state index contributed by atoms with van der Waals surface area (Å²) in [5.41, 5.74) is 0. The molecule has 0 spiro atoms. The van der Waals surface area contributed by atoms with E-state index in [1.165, 1.54) is 0 Å². The van der Waals surface area contributed by atoms with Gasteiger partial charge in [-0.25, -0.2) is 0 Å². The Morgan fingerprint density at radius 3 is 0.565 bits per heavy atom. The molecule has 0 radical (unpaired) electrons. The van der Waals surface area contributed by atoms with Gasteiger partial charge in [-0.15, -0.1) is 0 Å². The highest BCUT2D eigenvalue weighted by atomic mass is 35.6. The minimum Gasteiger partial charge on any atom is -0.171 e. The Morgan fingerprint density at radius 2 is 0.478 bits per heavy atom. The molecule has 0 rings (SSSR count). The molecule has 0 aromatic heterocycles. The normalized spacial score (nSPS) is 16.7. The van der Waals surface area contributed by atoms with Crippen molar-refractivity contribution in [2.75, 3.05) is 0 Å². The van der Waals surface area contributed by atoms with Crippen LogP contribution in [-0.4, -0.2) is 48.7 Å². The fourth-order valence-electron chi connectivity index (χ4n) is 4.13. The summed E-state index contributed by atoms with van der Waals surface area (Å²) in [4.78, 5) is 0. The highest BCUT2D eigenvalue weighted by molar-refractivity contribution is 8.14. The Bertz CT molecular complexity index is 377. The molecule has 0 nitrogen and oxygen atoms in total. The molecule has 0 bridgehead atoms. The van der Waals surface area contributed by atoms with Gasteiger partial charge in [0.1, 0.15) is 20.7 Å². The summed E-state index contributed by atoms with van der Waals surface area (Å²) >= 11 is 21.7. The third kappa shape index (κ3) is 3.84. The molecule has 10 heteroatoms. The molecule has 0 aromatic carbocycles. The first-order valence-electron chi connectivity index (χ1n) is 8.57. The summed E-state index contributed by atoms with van der Waals surface area (Å²) in [5, 5.41) is 0. The van der Waals surface area contributed by atoms with Gasteiger partial charge in [-0.1, -0.05) is 85.1 Å². The van der Waals surface area contributed by atoms with Crippen molar-refractivity contribution in [3.63, 3.8) is 0 Å². The Hall–Kier alpha value is 2.39. The van der Waals surface area contributed by atoms with Gasteiger partial charge in [0.2, 0.25) is 0 Å². The quantitative estimate of drug-likeness (QED) is 0.274. The average molecular weight is 498 g/mol. The van der Waals surface area contributed by atoms with E-state index in [-0.39, 0.29) is 0 Å². The van der Waals surface area contributed by atoms with E-state index in [0.717, 1.165) is 0 Å². The molecule has 0 amide bonds. The van der Waals surface area contributed by atoms with Crippen LogP contribution in [0.5, 0.6) is 0 Å². The molecule has 0 fully saturated rings. The van der Waals surface area contributed by atoms with Crippen LogP contribution in [-0.2, 0) is 0 Å². The van der Waals surface area contributed by atoms with E-state index < -0.39 is 48.7 Å². The molecule has 140 valence electrons. The molecular formula is C13H39Cl3Si7. The van der Waals surface area contributed by atoms with Gasteiger partial charge in [-0.3, -0.25) is 0 Å². The van der Waals surface area contributed by atoms with E-state index in [4.69, 9.17) is 33.2 Å².